The van der Waals surface area contributed by atoms with Gasteiger partial charge in [-0.2, -0.15) is 11.8 Å². The van der Waals surface area contributed by atoms with Gasteiger partial charge in [0.1, 0.15) is 0 Å². The van der Waals surface area contributed by atoms with Crippen LogP contribution in [0.3, 0.4) is 0 Å². The first-order valence-electron chi connectivity index (χ1n) is 6.62. The summed E-state index contributed by atoms with van der Waals surface area (Å²) in [5.74, 6) is 1.31. The van der Waals surface area contributed by atoms with Gasteiger partial charge in [0.15, 0.2) is 0 Å². The summed E-state index contributed by atoms with van der Waals surface area (Å²) < 4.78 is 0. The van der Waals surface area contributed by atoms with Gasteiger partial charge in [0.25, 0.3) is 0 Å². The van der Waals surface area contributed by atoms with Crippen molar-refractivity contribution in [2.24, 2.45) is 0 Å². The lowest BCUT2D eigenvalue weighted by Gasteiger charge is -2.13. The van der Waals surface area contributed by atoms with Crippen molar-refractivity contribution >= 4 is 11.8 Å². The van der Waals surface area contributed by atoms with E-state index in [1.165, 1.54) is 37.0 Å². The maximum Gasteiger partial charge on any atom is 0.0291 e. The van der Waals surface area contributed by atoms with E-state index < -0.39 is 0 Å². The lowest BCUT2D eigenvalue weighted by atomic mass is 10.1. The highest BCUT2D eigenvalue weighted by Crippen LogP contribution is 2.11. The van der Waals surface area contributed by atoms with E-state index >= 15 is 0 Å². The van der Waals surface area contributed by atoms with Gasteiger partial charge in [0.2, 0.25) is 0 Å². The van der Waals surface area contributed by atoms with Gasteiger partial charge in [-0.3, -0.25) is 0 Å². The molecule has 1 atom stereocenters. The van der Waals surface area contributed by atoms with Gasteiger partial charge >= 0.3 is 0 Å². The van der Waals surface area contributed by atoms with E-state index in [2.05, 4.69) is 48.8 Å². The second-order valence-electron chi connectivity index (χ2n) is 4.49. The zero-order chi connectivity index (χ0) is 12.3. The number of benzene rings is 1. The van der Waals surface area contributed by atoms with Crippen molar-refractivity contribution in [1.29, 1.82) is 0 Å². The van der Waals surface area contributed by atoms with Gasteiger partial charge in [-0.1, -0.05) is 43.2 Å². The quantitative estimate of drug-likeness (QED) is 0.658. The molecule has 0 aliphatic heterocycles. The Morgan fingerprint density at radius 2 is 1.76 bits per heavy atom. The molecule has 0 spiro atoms. The summed E-state index contributed by atoms with van der Waals surface area (Å²) in [4.78, 5) is 0. The molecular formula is C15H25NS. The molecule has 0 saturated carbocycles. The number of unbranched alkanes of at least 4 members (excludes halogenated alkanes) is 3. The van der Waals surface area contributed by atoms with Gasteiger partial charge in [-0.05, 0) is 43.9 Å². The highest BCUT2D eigenvalue weighted by Gasteiger charge is 2.02. The highest BCUT2D eigenvalue weighted by molar-refractivity contribution is 7.98. The maximum atomic E-state index is 3.58. The lowest BCUT2D eigenvalue weighted by Crippen LogP contribution is -2.19. The molecule has 0 heterocycles. The zero-order valence-electron chi connectivity index (χ0n) is 11.1. The second-order valence-corrected chi connectivity index (χ2v) is 5.48. The predicted octanol–water partition coefficient (Wildman–Crippen LogP) is 4.26. The van der Waals surface area contributed by atoms with Gasteiger partial charge in [0.05, 0.1) is 0 Å². The Kier molecular flexibility index (Phi) is 8.20. The fourth-order valence-electron chi connectivity index (χ4n) is 1.90. The number of hydrogen-bond acceptors (Lipinski definition) is 2. The molecule has 0 fully saturated rings. The monoisotopic (exact) mass is 251 g/mol. The van der Waals surface area contributed by atoms with Crippen LogP contribution < -0.4 is 5.32 Å². The molecular weight excluding hydrogens is 226 g/mol. The van der Waals surface area contributed by atoms with Crippen LogP contribution in [0.15, 0.2) is 30.3 Å². The zero-order valence-corrected chi connectivity index (χ0v) is 11.9. The molecule has 2 heteroatoms. The number of thioether (sulfide) groups is 1. The summed E-state index contributed by atoms with van der Waals surface area (Å²) in [6.07, 6.45) is 7.58. The van der Waals surface area contributed by atoms with Crippen molar-refractivity contribution in [3.05, 3.63) is 35.9 Å². The van der Waals surface area contributed by atoms with Crippen LogP contribution in [0, 0.1) is 0 Å². The van der Waals surface area contributed by atoms with Crippen molar-refractivity contribution in [3.63, 3.8) is 0 Å². The minimum Gasteiger partial charge on any atom is -0.310 e. The first-order chi connectivity index (χ1) is 8.34. The van der Waals surface area contributed by atoms with Crippen LogP contribution in [-0.2, 0) is 0 Å². The molecule has 1 N–H and O–H groups in total. The maximum absolute atomic E-state index is 3.58. The summed E-state index contributed by atoms with van der Waals surface area (Å²) in [6.45, 7) is 3.37. The third kappa shape index (κ3) is 6.75. The van der Waals surface area contributed by atoms with E-state index in [-0.39, 0.29) is 0 Å². The van der Waals surface area contributed by atoms with Crippen LogP contribution >= 0.6 is 11.8 Å². The van der Waals surface area contributed by atoms with Crippen molar-refractivity contribution in [3.8, 4) is 0 Å². The third-order valence-electron chi connectivity index (χ3n) is 3.03. The molecule has 1 rings (SSSR count). The Morgan fingerprint density at radius 1 is 1.06 bits per heavy atom. The van der Waals surface area contributed by atoms with E-state index in [0.717, 1.165) is 6.54 Å². The first-order valence-corrected chi connectivity index (χ1v) is 8.01. The molecule has 0 amide bonds. The molecule has 0 radical (unpaired) electrons. The van der Waals surface area contributed by atoms with Crippen LogP contribution in [0.5, 0.6) is 0 Å². The fourth-order valence-corrected chi connectivity index (χ4v) is 2.40. The smallest absolute Gasteiger partial charge is 0.0291 e. The molecule has 0 aromatic heterocycles. The Morgan fingerprint density at radius 3 is 2.47 bits per heavy atom. The van der Waals surface area contributed by atoms with E-state index in [0.29, 0.717) is 6.04 Å². The van der Waals surface area contributed by atoms with Crippen LogP contribution in [0.4, 0.5) is 0 Å². The molecule has 0 aliphatic carbocycles. The molecule has 0 bridgehead atoms. The lowest BCUT2D eigenvalue weighted by molar-refractivity contribution is 0.537. The van der Waals surface area contributed by atoms with Gasteiger partial charge in [0, 0.05) is 6.04 Å². The molecule has 17 heavy (non-hydrogen) atoms. The Balaban J connectivity index is 2.03. The van der Waals surface area contributed by atoms with E-state index in [4.69, 9.17) is 0 Å². The predicted molar refractivity (Wildman–Crippen MR) is 79.7 cm³/mol. The summed E-state index contributed by atoms with van der Waals surface area (Å²) in [5.41, 5.74) is 1.38. The van der Waals surface area contributed by atoms with Gasteiger partial charge < -0.3 is 5.32 Å². The van der Waals surface area contributed by atoms with Crippen LogP contribution in [-0.4, -0.2) is 18.6 Å². The third-order valence-corrected chi connectivity index (χ3v) is 3.72. The Hall–Kier alpha value is -0.470. The van der Waals surface area contributed by atoms with Crippen molar-refractivity contribution < 1.29 is 0 Å². The Labute approximate surface area is 110 Å². The average molecular weight is 251 g/mol. The molecule has 0 aliphatic rings. The first kappa shape index (κ1) is 14.6. The summed E-state index contributed by atoms with van der Waals surface area (Å²) in [5, 5.41) is 3.58. The molecule has 1 unspecified atom stereocenters. The van der Waals surface area contributed by atoms with Crippen LogP contribution in [0.25, 0.3) is 0 Å². The van der Waals surface area contributed by atoms with Gasteiger partial charge in [-0.15, -0.1) is 0 Å². The van der Waals surface area contributed by atoms with Crippen molar-refractivity contribution in [2.45, 2.75) is 38.6 Å². The fraction of sp³-hybridized carbons (Fsp3) is 0.600. The minimum absolute atomic E-state index is 0.474. The van der Waals surface area contributed by atoms with Gasteiger partial charge in [-0.25, -0.2) is 0 Å². The van der Waals surface area contributed by atoms with Crippen molar-refractivity contribution in [1.82, 2.24) is 5.32 Å². The molecule has 1 aromatic rings. The van der Waals surface area contributed by atoms with E-state index in [1.54, 1.807) is 0 Å². The Bertz CT molecular complexity index is 274. The minimum atomic E-state index is 0.474. The SMILES string of the molecule is CSCCCCCCNC(C)c1ccccc1. The summed E-state index contributed by atoms with van der Waals surface area (Å²) in [6, 6.07) is 11.1. The highest BCUT2D eigenvalue weighted by atomic mass is 32.2. The second kappa shape index (κ2) is 9.55. The van der Waals surface area contributed by atoms with Crippen LogP contribution in [0.1, 0.15) is 44.2 Å². The molecule has 0 saturated heterocycles. The molecule has 96 valence electrons. The molecule has 1 nitrogen and oxygen atoms in total. The van der Waals surface area contributed by atoms with Crippen LogP contribution in [0.2, 0.25) is 0 Å². The standard InChI is InChI=1S/C15H25NS/c1-14(15-10-6-5-7-11-15)16-12-8-3-4-9-13-17-2/h5-7,10-11,14,16H,3-4,8-9,12-13H2,1-2H3. The largest absolute Gasteiger partial charge is 0.310 e. The normalized spacial score (nSPS) is 12.6. The number of nitrogens with one attached hydrogen (secondary N) is 1. The van der Waals surface area contributed by atoms with E-state index in [1.807, 2.05) is 11.8 Å². The summed E-state index contributed by atoms with van der Waals surface area (Å²) in [7, 11) is 0. The number of hydrogen-bond donors (Lipinski definition) is 1. The van der Waals surface area contributed by atoms with E-state index in [9.17, 15) is 0 Å². The topological polar surface area (TPSA) is 12.0 Å². The number of rotatable bonds is 9. The molecule has 1 aromatic carbocycles. The summed E-state index contributed by atoms with van der Waals surface area (Å²) >= 11 is 1.95. The average Bonchev–Trinajstić information content (AvgIpc) is 2.38. The van der Waals surface area contributed by atoms with Crippen molar-refractivity contribution in [2.75, 3.05) is 18.6 Å².